The second-order valence-corrected chi connectivity index (χ2v) is 4.43. The van der Waals surface area contributed by atoms with Crippen LogP contribution in [-0.4, -0.2) is 18.0 Å². The summed E-state index contributed by atoms with van der Waals surface area (Å²) in [6, 6.07) is 5.97. The Labute approximate surface area is 113 Å². The zero-order chi connectivity index (χ0) is 12.3. The lowest BCUT2D eigenvalue weighted by molar-refractivity contribution is -0.122. The van der Waals surface area contributed by atoms with Gasteiger partial charge in [0.15, 0.2) is 0 Å². The van der Waals surface area contributed by atoms with E-state index >= 15 is 0 Å². The summed E-state index contributed by atoms with van der Waals surface area (Å²) >= 11 is 0. The van der Waals surface area contributed by atoms with Crippen LogP contribution in [0.1, 0.15) is 26.2 Å². The molecule has 0 radical (unpaired) electrons. The zero-order valence-electron chi connectivity index (χ0n) is 10.3. The van der Waals surface area contributed by atoms with Crippen LogP contribution in [0.3, 0.4) is 0 Å². The zero-order valence-corrected chi connectivity index (χ0v) is 11.1. The molecule has 1 aromatic rings. The number of hydrogen-bond donors (Lipinski definition) is 2. The number of hydrogen-bond acceptors (Lipinski definition) is 2. The minimum absolute atomic E-state index is 0. The monoisotopic (exact) mass is 272 g/mol. The van der Waals surface area contributed by atoms with Gasteiger partial charge >= 0.3 is 0 Å². The molecule has 1 unspecified atom stereocenters. The first-order valence-corrected chi connectivity index (χ1v) is 5.98. The predicted octanol–water partition coefficient (Wildman–Crippen LogP) is 2.72. The maximum absolute atomic E-state index is 13.0. The molecule has 0 spiro atoms. The lowest BCUT2D eigenvalue weighted by atomic mass is 9.93. The van der Waals surface area contributed by atoms with E-state index < -0.39 is 5.54 Å². The molecule has 100 valence electrons. The lowest BCUT2D eigenvalue weighted by Crippen LogP contribution is -2.50. The summed E-state index contributed by atoms with van der Waals surface area (Å²) in [6.07, 6.45) is 2.59. The minimum Gasteiger partial charge on any atom is -0.324 e. The molecular formula is C13H18ClFN2O. The largest absolute Gasteiger partial charge is 0.324 e. The van der Waals surface area contributed by atoms with Crippen LogP contribution in [0.25, 0.3) is 0 Å². The fraction of sp³-hybridized carbons (Fsp3) is 0.462. The molecule has 1 aliphatic rings. The highest BCUT2D eigenvalue weighted by molar-refractivity contribution is 5.98. The van der Waals surface area contributed by atoms with Crippen molar-refractivity contribution >= 4 is 24.0 Å². The highest BCUT2D eigenvalue weighted by Crippen LogP contribution is 2.24. The van der Waals surface area contributed by atoms with E-state index in [0.717, 1.165) is 25.8 Å². The fourth-order valence-electron chi connectivity index (χ4n) is 2.28. The third-order valence-electron chi connectivity index (χ3n) is 3.36. The van der Waals surface area contributed by atoms with E-state index in [9.17, 15) is 9.18 Å². The van der Waals surface area contributed by atoms with Crippen molar-refractivity contribution in [2.45, 2.75) is 31.7 Å². The maximum atomic E-state index is 13.0. The van der Waals surface area contributed by atoms with Crippen molar-refractivity contribution in [2.24, 2.45) is 0 Å². The van der Waals surface area contributed by atoms with Crippen LogP contribution in [0.15, 0.2) is 24.3 Å². The van der Waals surface area contributed by atoms with Crippen molar-refractivity contribution in [3.63, 3.8) is 0 Å². The first-order chi connectivity index (χ1) is 8.16. The van der Waals surface area contributed by atoms with Gasteiger partial charge in [-0.25, -0.2) is 4.39 Å². The minimum atomic E-state index is -0.480. The van der Waals surface area contributed by atoms with Gasteiger partial charge in [-0.3, -0.25) is 4.79 Å². The van der Waals surface area contributed by atoms with Gasteiger partial charge < -0.3 is 10.6 Å². The van der Waals surface area contributed by atoms with Gasteiger partial charge in [0.1, 0.15) is 5.82 Å². The van der Waals surface area contributed by atoms with E-state index in [1.807, 2.05) is 6.92 Å². The lowest BCUT2D eigenvalue weighted by Gasteiger charge is -2.26. The van der Waals surface area contributed by atoms with Crippen LogP contribution in [0.4, 0.5) is 10.1 Å². The standard InChI is InChI=1S/C13H17FN2O.ClH/c1-2-13(7-4-8-15-13)12(17)16-11-6-3-5-10(14)9-11;/h3,5-6,9,15H,2,4,7-8H2,1H3,(H,16,17);1H. The van der Waals surface area contributed by atoms with Crippen LogP contribution in [-0.2, 0) is 4.79 Å². The second kappa shape index (κ2) is 6.16. The SMILES string of the molecule is CCC1(C(=O)Nc2cccc(F)c2)CCCN1.Cl. The van der Waals surface area contributed by atoms with Gasteiger partial charge in [0.25, 0.3) is 0 Å². The Morgan fingerprint density at radius 1 is 1.56 bits per heavy atom. The Morgan fingerprint density at radius 2 is 2.33 bits per heavy atom. The summed E-state index contributed by atoms with van der Waals surface area (Å²) in [5.74, 6) is -0.407. The Balaban J connectivity index is 0.00000162. The average molecular weight is 273 g/mol. The third kappa shape index (κ3) is 3.00. The van der Waals surface area contributed by atoms with Crippen LogP contribution in [0.5, 0.6) is 0 Å². The quantitative estimate of drug-likeness (QED) is 0.888. The number of amides is 1. The maximum Gasteiger partial charge on any atom is 0.244 e. The normalized spacial score (nSPS) is 22.3. The number of benzene rings is 1. The van der Waals surface area contributed by atoms with Crippen LogP contribution in [0.2, 0.25) is 0 Å². The van der Waals surface area contributed by atoms with E-state index in [2.05, 4.69) is 10.6 Å². The molecule has 1 fully saturated rings. The van der Waals surface area contributed by atoms with Crippen molar-refractivity contribution in [1.82, 2.24) is 5.32 Å². The second-order valence-electron chi connectivity index (χ2n) is 4.43. The molecule has 3 nitrogen and oxygen atoms in total. The molecule has 1 atom stereocenters. The summed E-state index contributed by atoms with van der Waals surface area (Å²) in [6.45, 7) is 2.86. The molecule has 2 N–H and O–H groups in total. The van der Waals surface area contributed by atoms with Gasteiger partial charge in [0, 0.05) is 5.69 Å². The van der Waals surface area contributed by atoms with Crippen molar-refractivity contribution in [1.29, 1.82) is 0 Å². The Morgan fingerprint density at radius 3 is 2.89 bits per heavy atom. The molecule has 18 heavy (non-hydrogen) atoms. The van der Waals surface area contributed by atoms with Gasteiger partial charge in [0.05, 0.1) is 5.54 Å². The molecule has 1 saturated heterocycles. The van der Waals surface area contributed by atoms with Crippen molar-refractivity contribution in [2.75, 3.05) is 11.9 Å². The van der Waals surface area contributed by atoms with Gasteiger partial charge in [-0.2, -0.15) is 0 Å². The summed E-state index contributed by atoms with van der Waals surface area (Å²) in [5.41, 5.74) is 0.0308. The third-order valence-corrected chi connectivity index (χ3v) is 3.36. The number of carbonyl (C=O) groups is 1. The number of rotatable bonds is 3. The molecule has 1 heterocycles. The molecule has 0 saturated carbocycles. The molecule has 0 bridgehead atoms. The number of nitrogens with one attached hydrogen (secondary N) is 2. The average Bonchev–Trinajstić information content (AvgIpc) is 2.78. The predicted molar refractivity (Wildman–Crippen MR) is 72.5 cm³/mol. The summed E-state index contributed by atoms with van der Waals surface area (Å²) in [5, 5.41) is 6.02. The first kappa shape index (κ1) is 14.9. The van der Waals surface area contributed by atoms with E-state index in [-0.39, 0.29) is 24.1 Å². The molecule has 5 heteroatoms. The molecule has 0 aromatic heterocycles. The van der Waals surface area contributed by atoms with Crippen molar-refractivity contribution in [3.05, 3.63) is 30.1 Å². The van der Waals surface area contributed by atoms with Gasteiger partial charge in [-0.1, -0.05) is 13.0 Å². The van der Waals surface area contributed by atoms with Gasteiger partial charge in [0.2, 0.25) is 5.91 Å². The molecule has 1 aromatic carbocycles. The topological polar surface area (TPSA) is 41.1 Å². The van der Waals surface area contributed by atoms with E-state index in [0.29, 0.717) is 5.69 Å². The van der Waals surface area contributed by atoms with Crippen molar-refractivity contribution < 1.29 is 9.18 Å². The molecule has 2 rings (SSSR count). The smallest absolute Gasteiger partial charge is 0.244 e. The van der Waals surface area contributed by atoms with E-state index in [4.69, 9.17) is 0 Å². The highest BCUT2D eigenvalue weighted by Gasteiger charge is 2.38. The molecular weight excluding hydrogens is 255 g/mol. The number of carbonyl (C=O) groups excluding carboxylic acids is 1. The summed E-state index contributed by atoms with van der Waals surface area (Å²) in [7, 11) is 0. The fourth-order valence-corrected chi connectivity index (χ4v) is 2.28. The molecule has 1 aliphatic heterocycles. The molecule has 1 amide bonds. The molecule has 0 aliphatic carbocycles. The number of halogens is 2. The van der Waals surface area contributed by atoms with E-state index in [1.165, 1.54) is 12.1 Å². The first-order valence-electron chi connectivity index (χ1n) is 5.98. The Bertz CT molecular complexity index is 419. The van der Waals surface area contributed by atoms with Gasteiger partial charge in [-0.15, -0.1) is 12.4 Å². The van der Waals surface area contributed by atoms with Gasteiger partial charge in [-0.05, 0) is 44.0 Å². The van der Waals surface area contributed by atoms with Crippen LogP contribution < -0.4 is 10.6 Å². The Hall–Kier alpha value is -1.13. The highest BCUT2D eigenvalue weighted by atomic mass is 35.5. The van der Waals surface area contributed by atoms with Crippen LogP contribution in [0, 0.1) is 5.82 Å². The number of anilines is 1. The van der Waals surface area contributed by atoms with E-state index in [1.54, 1.807) is 12.1 Å². The summed E-state index contributed by atoms with van der Waals surface area (Å²) < 4.78 is 13.0. The van der Waals surface area contributed by atoms with Crippen LogP contribution >= 0.6 is 12.4 Å². The van der Waals surface area contributed by atoms with Crippen molar-refractivity contribution in [3.8, 4) is 0 Å². The summed E-state index contributed by atoms with van der Waals surface area (Å²) in [4.78, 5) is 12.2. The Kier molecular flexibility index (Phi) is 5.11.